The molecule has 6 nitrogen and oxygen atoms in total. The normalized spacial score (nSPS) is 16.3. The highest BCUT2D eigenvalue weighted by Crippen LogP contribution is 2.27. The molecule has 1 heterocycles. The van der Waals surface area contributed by atoms with E-state index in [0.29, 0.717) is 6.61 Å². The van der Waals surface area contributed by atoms with E-state index in [2.05, 4.69) is 22.3 Å². The second-order valence-corrected chi connectivity index (χ2v) is 5.97. The number of amides is 1. The molecule has 6 heteroatoms. The molecule has 0 aliphatic carbocycles. The summed E-state index contributed by atoms with van der Waals surface area (Å²) in [5.74, 6) is 0.767. The number of carbonyl (C=O) groups excluding carboxylic acids is 1. The summed E-state index contributed by atoms with van der Waals surface area (Å²) in [6.45, 7) is 7.18. The topological polar surface area (TPSA) is 73.8 Å². The molecule has 2 rings (SSSR count). The van der Waals surface area contributed by atoms with Gasteiger partial charge in [-0.1, -0.05) is 12.1 Å². The second-order valence-electron chi connectivity index (χ2n) is 5.97. The zero-order chi connectivity index (χ0) is 16.7. The summed E-state index contributed by atoms with van der Waals surface area (Å²) in [5.41, 5.74) is 4.51. The number of ether oxygens (including phenoxy) is 1. The third kappa shape index (κ3) is 5.20. The van der Waals surface area contributed by atoms with Gasteiger partial charge in [-0.15, -0.1) is 0 Å². The summed E-state index contributed by atoms with van der Waals surface area (Å²) in [4.78, 5) is 13.9. The first-order valence-electron chi connectivity index (χ1n) is 8.26. The zero-order valence-corrected chi connectivity index (χ0v) is 14.0. The van der Waals surface area contributed by atoms with Crippen LogP contribution < -0.4 is 15.5 Å². The van der Waals surface area contributed by atoms with E-state index in [-0.39, 0.29) is 18.5 Å². The quantitative estimate of drug-likeness (QED) is 0.661. The van der Waals surface area contributed by atoms with E-state index in [0.717, 1.165) is 38.2 Å². The highest BCUT2D eigenvalue weighted by atomic mass is 16.5. The number of rotatable bonds is 7. The van der Waals surface area contributed by atoms with Crippen LogP contribution in [-0.4, -0.2) is 48.3 Å². The van der Waals surface area contributed by atoms with E-state index in [1.807, 2.05) is 25.4 Å². The molecular formula is C17H27N3O3. The average Bonchev–Trinajstić information content (AvgIpc) is 2.70. The first kappa shape index (κ1) is 17.7. The number of benzene rings is 1. The smallest absolute Gasteiger partial charge is 0.236 e. The fraction of sp³-hybridized carbons (Fsp3) is 0.588. The van der Waals surface area contributed by atoms with E-state index in [4.69, 9.17) is 9.94 Å². The van der Waals surface area contributed by atoms with Gasteiger partial charge in [0.2, 0.25) is 5.91 Å². The Balaban J connectivity index is 2.01. The maximum atomic E-state index is 11.5. The van der Waals surface area contributed by atoms with Crippen LogP contribution in [0.2, 0.25) is 0 Å². The standard InChI is InChI=1S/C17H27N3O3/c1-3-23-16-8-4-6-14-7-5-9-20(12-15(14)16)11-13(2)19-17(21)10-18-22/h4,6,8,13,18,22H,3,5,7,9-12H2,1-2H3,(H,19,21)/t13-/m0/s1. The monoisotopic (exact) mass is 321 g/mol. The number of aryl methyl sites for hydroxylation is 1. The van der Waals surface area contributed by atoms with Gasteiger partial charge in [0, 0.05) is 24.7 Å². The Morgan fingerprint density at radius 1 is 1.48 bits per heavy atom. The molecule has 1 aliphatic heterocycles. The van der Waals surface area contributed by atoms with Crippen LogP contribution in [0, 0.1) is 0 Å². The van der Waals surface area contributed by atoms with Crippen molar-refractivity contribution in [1.82, 2.24) is 15.7 Å². The highest BCUT2D eigenvalue weighted by Gasteiger charge is 2.20. The lowest BCUT2D eigenvalue weighted by Crippen LogP contribution is -2.44. The molecule has 0 saturated carbocycles. The minimum absolute atomic E-state index is 0.0247. The Labute approximate surface area is 137 Å². The molecule has 1 aromatic carbocycles. The SMILES string of the molecule is CCOc1cccc2c1CN(C[C@H](C)NC(=O)CNO)CCC2. The number of fused-ring (bicyclic) bond motifs is 1. The van der Waals surface area contributed by atoms with Crippen molar-refractivity contribution in [2.24, 2.45) is 0 Å². The number of hydroxylamine groups is 1. The molecule has 1 amide bonds. The molecule has 0 fully saturated rings. The van der Waals surface area contributed by atoms with Crippen LogP contribution in [0.25, 0.3) is 0 Å². The first-order valence-corrected chi connectivity index (χ1v) is 8.26. The van der Waals surface area contributed by atoms with Gasteiger partial charge in [0.15, 0.2) is 0 Å². The molecule has 0 spiro atoms. The summed E-state index contributed by atoms with van der Waals surface area (Å²) in [6, 6.07) is 6.30. The summed E-state index contributed by atoms with van der Waals surface area (Å²) in [7, 11) is 0. The van der Waals surface area contributed by atoms with Crippen molar-refractivity contribution in [2.45, 2.75) is 39.3 Å². The average molecular weight is 321 g/mol. The van der Waals surface area contributed by atoms with Gasteiger partial charge in [0.25, 0.3) is 0 Å². The summed E-state index contributed by atoms with van der Waals surface area (Å²) in [6.07, 6.45) is 2.16. The number of hydrogen-bond acceptors (Lipinski definition) is 5. The Kier molecular flexibility index (Phi) is 6.83. The second kappa shape index (κ2) is 8.86. The highest BCUT2D eigenvalue weighted by molar-refractivity contribution is 5.78. The molecule has 128 valence electrons. The molecular weight excluding hydrogens is 294 g/mol. The van der Waals surface area contributed by atoms with Crippen molar-refractivity contribution in [2.75, 3.05) is 26.2 Å². The summed E-state index contributed by atoms with van der Waals surface area (Å²) < 4.78 is 5.78. The Morgan fingerprint density at radius 2 is 2.30 bits per heavy atom. The van der Waals surface area contributed by atoms with Crippen molar-refractivity contribution in [3.8, 4) is 5.75 Å². The predicted molar refractivity (Wildman–Crippen MR) is 88.6 cm³/mol. The summed E-state index contributed by atoms with van der Waals surface area (Å²) >= 11 is 0. The van der Waals surface area contributed by atoms with Crippen LogP contribution >= 0.6 is 0 Å². The Hall–Kier alpha value is -1.63. The molecule has 0 aromatic heterocycles. The van der Waals surface area contributed by atoms with Gasteiger partial charge in [0.1, 0.15) is 5.75 Å². The van der Waals surface area contributed by atoms with Crippen LogP contribution in [0.5, 0.6) is 5.75 Å². The molecule has 1 atom stereocenters. The van der Waals surface area contributed by atoms with Gasteiger partial charge in [-0.25, -0.2) is 0 Å². The van der Waals surface area contributed by atoms with Crippen LogP contribution in [0.1, 0.15) is 31.4 Å². The van der Waals surface area contributed by atoms with E-state index in [9.17, 15) is 4.79 Å². The van der Waals surface area contributed by atoms with Crippen LogP contribution in [0.3, 0.4) is 0 Å². The minimum atomic E-state index is -0.203. The zero-order valence-electron chi connectivity index (χ0n) is 14.0. The van der Waals surface area contributed by atoms with Crippen LogP contribution in [-0.2, 0) is 17.8 Å². The molecule has 1 aromatic rings. The van der Waals surface area contributed by atoms with Crippen molar-refractivity contribution in [3.05, 3.63) is 29.3 Å². The van der Waals surface area contributed by atoms with Crippen molar-refractivity contribution < 1.29 is 14.7 Å². The largest absolute Gasteiger partial charge is 0.494 e. The summed E-state index contributed by atoms with van der Waals surface area (Å²) in [5, 5.41) is 11.4. The molecule has 0 unspecified atom stereocenters. The molecule has 0 saturated heterocycles. The van der Waals surface area contributed by atoms with Gasteiger partial charge in [-0.05, 0) is 44.9 Å². The number of nitrogens with one attached hydrogen (secondary N) is 2. The van der Waals surface area contributed by atoms with Gasteiger partial charge < -0.3 is 15.3 Å². The maximum absolute atomic E-state index is 11.5. The van der Waals surface area contributed by atoms with Crippen molar-refractivity contribution >= 4 is 5.91 Å². The number of nitrogens with zero attached hydrogens (tertiary/aromatic N) is 1. The van der Waals surface area contributed by atoms with E-state index in [1.54, 1.807) is 0 Å². The fourth-order valence-electron chi connectivity index (χ4n) is 3.10. The fourth-order valence-corrected chi connectivity index (χ4v) is 3.10. The van der Waals surface area contributed by atoms with Crippen LogP contribution in [0.15, 0.2) is 18.2 Å². The number of hydrogen-bond donors (Lipinski definition) is 3. The van der Waals surface area contributed by atoms with Gasteiger partial charge >= 0.3 is 0 Å². The predicted octanol–water partition coefficient (Wildman–Crippen LogP) is 1.32. The molecule has 3 N–H and O–H groups in total. The third-order valence-corrected chi connectivity index (χ3v) is 4.01. The van der Waals surface area contributed by atoms with E-state index in [1.165, 1.54) is 11.1 Å². The van der Waals surface area contributed by atoms with E-state index < -0.39 is 0 Å². The van der Waals surface area contributed by atoms with E-state index >= 15 is 0 Å². The maximum Gasteiger partial charge on any atom is 0.236 e. The lowest BCUT2D eigenvalue weighted by atomic mass is 10.0. The van der Waals surface area contributed by atoms with Gasteiger partial charge in [-0.2, -0.15) is 5.48 Å². The minimum Gasteiger partial charge on any atom is -0.494 e. The molecule has 1 aliphatic rings. The Morgan fingerprint density at radius 3 is 3.04 bits per heavy atom. The van der Waals surface area contributed by atoms with Gasteiger partial charge in [-0.3, -0.25) is 9.69 Å². The Bertz CT molecular complexity index is 522. The number of carbonyl (C=O) groups is 1. The first-order chi connectivity index (χ1) is 11.1. The molecule has 0 radical (unpaired) electrons. The third-order valence-electron chi connectivity index (χ3n) is 4.01. The lowest BCUT2D eigenvalue weighted by Gasteiger charge is -2.25. The lowest BCUT2D eigenvalue weighted by molar-refractivity contribution is -0.122. The van der Waals surface area contributed by atoms with Crippen LogP contribution in [0.4, 0.5) is 0 Å². The van der Waals surface area contributed by atoms with Crippen molar-refractivity contribution in [3.63, 3.8) is 0 Å². The molecule has 23 heavy (non-hydrogen) atoms. The van der Waals surface area contributed by atoms with Crippen molar-refractivity contribution in [1.29, 1.82) is 0 Å². The van der Waals surface area contributed by atoms with Gasteiger partial charge in [0.05, 0.1) is 13.2 Å². The molecule has 0 bridgehead atoms.